The monoisotopic (exact) mass is 463 g/mol. The van der Waals surface area contributed by atoms with Crippen LogP contribution in [0.1, 0.15) is 20.7 Å². The molecule has 1 amide bonds. The van der Waals surface area contributed by atoms with Crippen LogP contribution in [-0.4, -0.2) is 20.3 Å². The summed E-state index contributed by atoms with van der Waals surface area (Å²) in [5, 5.41) is 13.4. The van der Waals surface area contributed by atoms with Crippen LogP contribution in [0.5, 0.6) is 0 Å². The number of hydrogen-bond acceptors (Lipinski definition) is 5. The second-order valence-corrected chi connectivity index (χ2v) is 8.52. The lowest BCUT2D eigenvalue weighted by molar-refractivity contribution is -0.255. The first-order chi connectivity index (χ1) is 14.2. The third-order valence-electron chi connectivity index (χ3n) is 3.94. The van der Waals surface area contributed by atoms with E-state index in [1.807, 2.05) is 0 Å². The summed E-state index contributed by atoms with van der Waals surface area (Å²) in [6.45, 7) is 0. The van der Waals surface area contributed by atoms with Crippen molar-refractivity contribution in [3.63, 3.8) is 0 Å². The van der Waals surface area contributed by atoms with Gasteiger partial charge in [-0.25, -0.2) is 8.42 Å². The number of rotatable bonds is 6. The van der Waals surface area contributed by atoms with Crippen LogP contribution in [0.4, 0.5) is 11.4 Å². The number of sulfonamides is 1. The van der Waals surface area contributed by atoms with Gasteiger partial charge in [0.1, 0.15) is 4.90 Å². The second-order valence-electron chi connectivity index (χ2n) is 6.06. The van der Waals surface area contributed by atoms with Gasteiger partial charge in [0, 0.05) is 11.4 Å². The first kappa shape index (κ1) is 21.6. The SMILES string of the molecule is O=C([O-])c1cccc(NS(=O)(=O)c2cc(C(=O)Nc3ccccc3)c(Cl)cc2Cl)c1. The highest BCUT2D eigenvalue weighted by Crippen LogP contribution is 2.30. The zero-order valence-electron chi connectivity index (χ0n) is 15.1. The number of carbonyl (C=O) groups is 2. The molecule has 0 aliphatic rings. The van der Waals surface area contributed by atoms with E-state index in [-0.39, 0.29) is 26.9 Å². The molecule has 7 nitrogen and oxygen atoms in total. The van der Waals surface area contributed by atoms with Crippen LogP contribution in [0, 0.1) is 0 Å². The van der Waals surface area contributed by atoms with Gasteiger partial charge in [-0.15, -0.1) is 0 Å². The molecule has 0 aliphatic carbocycles. The predicted octanol–water partition coefficient (Wildman–Crippen LogP) is 3.41. The molecule has 0 saturated carbocycles. The van der Waals surface area contributed by atoms with Crippen LogP contribution in [-0.2, 0) is 10.0 Å². The van der Waals surface area contributed by atoms with Crippen LogP contribution < -0.4 is 15.1 Å². The molecule has 0 fully saturated rings. The number of hydrogen-bond donors (Lipinski definition) is 2. The lowest BCUT2D eigenvalue weighted by Crippen LogP contribution is -2.22. The van der Waals surface area contributed by atoms with Gasteiger partial charge in [0.15, 0.2) is 0 Å². The minimum atomic E-state index is -4.27. The van der Waals surface area contributed by atoms with Gasteiger partial charge in [-0.1, -0.05) is 53.5 Å². The van der Waals surface area contributed by atoms with E-state index in [2.05, 4.69) is 10.0 Å². The van der Waals surface area contributed by atoms with Gasteiger partial charge in [0.2, 0.25) is 0 Å². The van der Waals surface area contributed by atoms with Gasteiger partial charge in [-0.3, -0.25) is 9.52 Å². The number of carboxylic acids is 1. The fourth-order valence-electron chi connectivity index (χ4n) is 2.55. The summed E-state index contributed by atoms with van der Waals surface area (Å²) < 4.78 is 27.9. The molecule has 0 unspecified atom stereocenters. The van der Waals surface area contributed by atoms with Crippen molar-refractivity contribution < 1.29 is 23.1 Å². The molecule has 0 spiro atoms. The highest BCUT2D eigenvalue weighted by Gasteiger charge is 2.23. The third kappa shape index (κ3) is 4.91. The van der Waals surface area contributed by atoms with E-state index in [0.717, 1.165) is 18.2 Å². The molecule has 0 radical (unpaired) electrons. The predicted molar refractivity (Wildman–Crippen MR) is 112 cm³/mol. The molecule has 10 heteroatoms. The topological polar surface area (TPSA) is 115 Å². The van der Waals surface area contributed by atoms with Crippen LogP contribution >= 0.6 is 23.2 Å². The maximum absolute atomic E-state index is 12.8. The van der Waals surface area contributed by atoms with Gasteiger partial charge in [-0.2, -0.15) is 0 Å². The Morgan fingerprint density at radius 3 is 2.17 bits per heavy atom. The first-order valence-electron chi connectivity index (χ1n) is 8.37. The van der Waals surface area contributed by atoms with Crippen molar-refractivity contribution in [2.24, 2.45) is 0 Å². The molecule has 0 aromatic heterocycles. The Balaban J connectivity index is 1.95. The Hall–Kier alpha value is -3.07. The Morgan fingerprint density at radius 2 is 1.50 bits per heavy atom. The van der Waals surface area contributed by atoms with Gasteiger partial charge < -0.3 is 15.2 Å². The summed E-state index contributed by atoms with van der Waals surface area (Å²) in [4.78, 5) is 23.2. The summed E-state index contributed by atoms with van der Waals surface area (Å²) in [5.41, 5.74) is 0.169. The number of benzene rings is 3. The van der Waals surface area contributed by atoms with Crippen molar-refractivity contribution in [3.8, 4) is 0 Å². The zero-order chi connectivity index (χ0) is 21.9. The van der Waals surface area contributed by atoms with Gasteiger partial charge in [0.05, 0.1) is 21.6 Å². The molecule has 3 rings (SSSR count). The van der Waals surface area contributed by atoms with Crippen molar-refractivity contribution >= 4 is 56.5 Å². The Bertz CT molecular complexity index is 1230. The van der Waals surface area contributed by atoms with Crippen LogP contribution in [0.3, 0.4) is 0 Å². The Morgan fingerprint density at radius 1 is 0.833 bits per heavy atom. The number of amides is 1. The lowest BCUT2D eigenvalue weighted by atomic mass is 10.2. The van der Waals surface area contributed by atoms with Crippen LogP contribution in [0.2, 0.25) is 10.0 Å². The molecular formula is C20H13Cl2N2O5S-. The molecule has 0 bridgehead atoms. The number of anilines is 2. The quantitative estimate of drug-likeness (QED) is 0.580. The van der Waals surface area contributed by atoms with E-state index in [0.29, 0.717) is 5.69 Å². The molecule has 154 valence electrons. The molecule has 0 atom stereocenters. The third-order valence-corrected chi connectivity index (χ3v) is 6.10. The molecule has 3 aromatic rings. The summed E-state index contributed by atoms with van der Waals surface area (Å²) >= 11 is 12.2. The Kier molecular flexibility index (Phi) is 6.31. The standard InChI is InChI=1S/C20H14Cl2N2O5S/c21-16-11-17(22)18(10-15(16)19(25)23-13-6-2-1-3-7-13)30(28,29)24-14-8-4-5-12(9-14)20(26)27/h1-11,24H,(H,23,25)(H,26,27)/p-1. The lowest BCUT2D eigenvalue weighted by Gasteiger charge is -2.13. The fourth-order valence-corrected chi connectivity index (χ4v) is 4.46. The minimum Gasteiger partial charge on any atom is -0.545 e. The number of aromatic carboxylic acids is 1. The number of carboxylic acid groups (broad SMARTS) is 1. The van der Waals surface area contributed by atoms with Gasteiger partial charge in [0.25, 0.3) is 15.9 Å². The number of halogens is 2. The molecule has 2 N–H and O–H groups in total. The van der Waals surface area contributed by atoms with Crippen molar-refractivity contribution in [1.82, 2.24) is 0 Å². The summed E-state index contributed by atoms with van der Waals surface area (Å²) in [6.07, 6.45) is 0. The van der Waals surface area contributed by atoms with E-state index in [1.165, 1.54) is 18.2 Å². The van der Waals surface area contributed by atoms with Crippen LogP contribution in [0.15, 0.2) is 71.6 Å². The van der Waals surface area contributed by atoms with E-state index < -0.39 is 26.8 Å². The number of nitrogens with one attached hydrogen (secondary N) is 2. The maximum atomic E-state index is 12.8. The minimum absolute atomic E-state index is 0.0157. The molecule has 30 heavy (non-hydrogen) atoms. The average molecular weight is 464 g/mol. The summed E-state index contributed by atoms with van der Waals surface area (Å²) in [6, 6.07) is 15.8. The highest BCUT2D eigenvalue weighted by molar-refractivity contribution is 7.92. The Labute approximate surface area is 182 Å². The second kappa shape index (κ2) is 8.74. The van der Waals surface area contributed by atoms with Crippen LogP contribution in [0.25, 0.3) is 0 Å². The molecule has 0 heterocycles. The number of para-hydroxylation sites is 1. The van der Waals surface area contributed by atoms with E-state index in [4.69, 9.17) is 23.2 Å². The molecular weight excluding hydrogens is 451 g/mol. The van der Waals surface area contributed by atoms with Crippen molar-refractivity contribution in [2.45, 2.75) is 4.90 Å². The fraction of sp³-hybridized carbons (Fsp3) is 0. The molecule has 0 saturated heterocycles. The maximum Gasteiger partial charge on any atom is 0.263 e. The zero-order valence-corrected chi connectivity index (χ0v) is 17.4. The summed E-state index contributed by atoms with van der Waals surface area (Å²) in [7, 11) is -4.27. The molecule has 3 aromatic carbocycles. The van der Waals surface area contributed by atoms with E-state index >= 15 is 0 Å². The van der Waals surface area contributed by atoms with E-state index in [1.54, 1.807) is 30.3 Å². The molecule has 0 aliphatic heterocycles. The summed E-state index contributed by atoms with van der Waals surface area (Å²) in [5.74, 6) is -2.08. The normalized spacial score (nSPS) is 11.0. The largest absolute Gasteiger partial charge is 0.545 e. The van der Waals surface area contributed by atoms with Crippen molar-refractivity contribution in [3.05, 3.63) is 87.9 Å². The average Bonchev–Trinajstić information content (AvgIpc) is 2.68. The van der Waals surface area contributed by atoms with Gasteiger partial charge >= 0.3 is 0 Å². The van der Waals surface area contributed by atoms with Crippen molar-refractivity contribution in [1.29, 1.82) is 0 Å². The highest BCUT2D eigenvalue weighted by atomic mass is 35.5. The van der Waals surface area contributed by atoms with E-state index in [9.17, 15) is 23.1 Å². The first-order valence-corrected chi connectivity index (χ1v) is 10.6. The van der Waals surface area contributed by atoms with Crippen molar-refractivity contribution in [2.75, 3.05) is 10.0 Å². The number of carbonyl (C=O) groups excluding carboxylic acids is 2. The smallest absolute Gasteiger partial charge is 0.263 e. The van der Waals surface area contributed by atoms with Gasteiger partial charge in [-0.05, 0) is 42.0 Å².